The predicted octanol–water partition coefficient (Wildman–Crippen LogP) is 2.46. The standard InChI is InChI=1S/C11H12ClN3S/c12-9-3-4-10(15-5-9)16-7-11(14,6-13)8-1-2-8/h3-5,8H,1-2,7,14H2. The number of rotatable bonds is 4. The fraction of sp³-hybridized carbons (Fsp3) is 0.455. The molecule has 1 aliphatic rings. The highest BCUT2D eigenvalue weighted by molar-refractivity contribution is 7.99. The quantitative estimate of drug-likeness (QED) is 0.838. The Bertz CT molecular complexity index is 410. The number of nitrogens with zero attached hydrogens (tertiary/aromatic N) is 2. The van der Waals surface area contributed by atoms with E-state index in [2.05, 4.69) is 11.1 Å². The number of thioether (sulfide) groups is 1. The lowest BCUT2D eigenvalue weighted by atomic mass is 10.00. The Morgan fingerprint density at radius 1 is 1.62 bits per heavy atom. The topological polar surface area (TPSA) is 62.7 Å². The largest absolute Gasteiger partial charge is 0.312 e. The van der Waals surface area contributed by atoms with Crippen LogP contribution in [0.25, 0.3) is 0 Å². The van der Waals surface area contributed by atoms with E-state index in [0.29, 0.717) is 16.7 Å². The van der Waals surface area contributed by atoms with Crippen LogP contribution < -0.4 is 5.73 Å². The van der Waals surface area contributed by atoms with Crippen LogP contribution in [0.1, 0.15) is 12.8 Å². The molecule has 2 rings (SSSR count). The maximum atomic E-state index is 9.09. The van der Waals surface area contributed by atoms with Crippen LogP contribution in [0.4, 0.5) is 0 Å². The smallest absolute Gasteiger partial charge is 0.116 e. The summed E-state index contributed by atoms with van der Waals surface area (Å²) in [5.41, 5.74) is 5.34. The van der Waals surface area contributed by atoms with Gasteiger partial charge in [-0.3, -0.25) is 0 Å². The van der Waals surface area contributed by atoms with Crippen LogP contribution in [0.5, 0.6) is 0 Å². The molecule has 1 unspecified atom stereocenters. The molecule has 1 aliphatic carbocycles. The number of halogens is 1. The van der Waals surface area contributed by atoms with Crippen molar-refractivity contribution in [2.45, 2.75) is 23.4 Å². The van der Waals surface area contributed by atoms with Gasteiger partial charge in [-0.1, -0.05) is 11.6 Å². The maximum Gasteiger partial charge on any atom is 0.116 e. The van der Waals surface area contributed by atoms with Crippen LogP contribution in [0.2, 0.25) is 5.02 Å². The third-order valence-corrected chi connectivity index (χ3v) is 4.06. The van der Waals surface area contributed by atoms with Crippen molar-refractivity contribution < 1.29 is 0 Å². The first-order chi connectivity index (χ1) is 7.64. The van der Waals surface area contributed by atoms with Crippen molar-refractivity contribution in [1.82, 2.24) is 4.98 Å². The van der Waals surface area contributed by atoms with Crippen molar-refractivity contribution in [2.24, 2.45) is 11.7 Å². The molecule has 16 heavy (non-hydrogen) atoms. The van der Waals surface area contributed by atoms with E-state index in [-0.39, 0.29) is 0 Å². The number of aromatic nitrogens is 1. The van der Waals surface area contributed by atoms with Gasteiger partial charge in [-0.2, -0.15) is 5.26 Å². The molecule has 84 valence electrons. The normalized spacial score (nSPS) is 18.8. The molecule has 0 spiro atoms. The molecule has 0 bridgehead atoms. The van der Waals surface area contributed by atoms with Gasteiger partial charge in [0.15, 0.2) is 0 Å². The van der Waals surface area contributed by atoms with Crippen LogP contribution in [0.3, 0.4) is 0 Å². The molecule has 0 aromatic carbocycles. The molecule has 0 amide bonds. The van der Waals surface area contributed by atoms with Crippen molar-refractivity contribution in [1.29, 1.82) is 5.26 Å². The summed E-state index contributed by atoms with van der Waals surface area (Å²) in [6.07, 6.45) is 3.74. The van der Waals surface area contributed by atoms with Crippen molar-refractivity contribution >= 4 is 23.4 Å². The average Bonchev–Trinajstić information content (AvgIpc) is 3.12. The summed E-state index contributed by atoms with van der Waals surface area (Å²) in [5.74, 6) is 0.945. The van der Waals surface area contributed by atoms with Gasteiger partial charge in [0.05, 0.1) is 16.1 Å². The average molecular weight is 254 g/mol. The predicted molar refractivity (Wildman–Crippen MR) is 65.2 cm³/mol. The molecule has 1 aromatic rings. The Balaban J connectivity index is 1.96. The zero-order valence-electron chi connectivity index (χ0n) is 8.69. The number of hydrogen-bond acceptors (Lipinski definition) is 4. The molecule has 1 aromatic heterocycles. The first kappa shape index (κ1) is 11.7. The Morgan fingerprint density at radius 2 is 2.38 bits per heavy atom. The van der Waals surface area contributed by atoms with E-state index in [1.54, 1.807) is 12.3 Å². The van der Waals surface area contributed by atoms with E-state index in [1.807, 2.05) is 6.07 Å². The molecule has 1 heterocycles. The second-order valence-corrected chi connectivity index (χ2v) is 5.46. The van der Waals surface area contributed by atoms with Gasteiger partial charge in [0.2, 0.25) is 0 Å². The Hall–Kier alpha value is -0.760. The monoisotopic (exact) mass is 253 g/mol. The van der Waals surface area contributed by atoms with Gasteiger partial charge in [-0.05, 0) is 30.9 Å². The van der Waals surface area contributed by atoms with Gasteiger partial charge in [0.1, 0.15) is 5.54 Å². The minimum atomic E-state index is -0.702. The molecule has 2 N–H and O–H groups in total. The maximum absolute atomic E-state index is 9.09. The minimum Gasteiger partial charge on any atom is -0.312 e. The minimum absolute atomic E-state index is 0.359. The highest BCUT2D eigenvalue weighted by Gasteiger charge is 2.42. The van der Waals surface area contributed by atoms with Crippen molar-refractivity contribution in [2.75, 3.05) is 5.75 Å². The lowest BCUT2D eigenvalue weighted by Crippen LogP contribution is -2.43. The van der Waals surface area contributed by atoms with Gasteiger partial charge in [-0.25, -0.2) is 4.98 Å². The zero-order chi connectivity index (χ0) is 11.6. The van der Waals surface area contributed by atoms with Crippen molar-refractivity contribution in [3.8, 4) is 6.07 Å². The number of hydrogen-bond donors (Lipinski definition) is 1. The Morgan fingerprint density at radius 3 is 2.88 bits per heavy atom. The van der Waals surface area contributed by atoms with Gasteiger partial charge in [0.25, 0.3) is 0 Å². The summed E-state index contributed by atoms with van der Waals surface area (Å²) >= 11 is 7.25. The SMILES string of the molecule is N#CC(N)(CSc1ccc(Cl)cn1)C1CC1. The zero-order valence-corrected chi connectivity index (χ0v) is 10.3. The molecule has 3 nitrogen and oxygen atoms in total. The van der Waals surface area contributed by atoms with E-state index in [4.69, 9.17) is 22.6 Å². The summed E-state index contributed by atoms with van der Waals surface area (Å²) in [7, 11) is 0. The summed E-state index contributed by atoms with van der Waals surface area (Å²) in [5, 5.41) is 10.6. The van der Waals surface area contributed by atoms with Crippen LogP contribution >= 0.6 is 23.4 Å². The molecular weight excluding hydrogens is 242 g/mol. The molecule has 0 aliphatic heterocycles. The summed E-state index contributed by atoms with van der Waals surface area (Å²) in [6.45, 7) is 0. The van der Waals surface area contributed by atoms with E-state index < -0.39 is 5.54 Å². The van der Waals surface area contributed by atoms with Crippen LogP contribution in [0.15, 0.2) is 23.4 Å². The van der Waals surface area contributed by atoms with Crippen LogP contribution in [-0.2, 0) is 0 Å². The van der Waals surface area contributed by atoms with Crippen LogP contribution in [0, 0.1) is 17.2 Å². The van der Waals surface area contributed by atoms with E-state index in [9.17, 15) is 0 Å². The van der Waals surface area contributed by atoms with Crippen molar-refractivity contribution in [3.63, 3.8) is 0 Å². The number of nitrogens with two attached hydrogens (primary N) is 1. The summed E-state index contributed by atoms with van der Waals surface area (Å²) in [4.78, 5) is 4.16. The molecule has 1 atom stereocenters. The highest BCUT2D eigenvalue weighted by Crippen LogP contribution is 2.40. The Labute approximate surface area is 104 Å². The van der Waals surface area contributed by atoms with E-state index in [0.717, 1.165) is 17.9 Å². The Kier molecular flexibility index (Phi) is 3.38. The first-order valence-electron chi connectivity index (χ1n) is 5.08. The van der Waals surface area contributed by atoms with Crippen molar-refractivity contribution in [3.05, 3.63) is 23.4 Å². The molecular formula is C11H12ClN3S. The molecule has 1 saturated carbocycles. The molecule has 0 saturated heterocycles. The van der Waals surface area contributed by atoms with E-state index in [1.165, 1.54) is 11.8 Å². The summed E-state index contributed by atoms with van der Waals surface area (Å²) in [6, 6.07) is 5.86. The number of nitriles is 1. The van der Waals surface area contributed by atoms with Gasteiger partial charge < -0.3 is 5.73 Å². The second kappa shape index (κ2) is 4.62. The lowest BCUT2D eigenvalue weighted by molar-refractivity contribution is 0.532. The molecule has 0 radical (unpaired) electrons. The number of pyridine rings is 1. The molecule has 5 heteroatoms. The fourth-order valence-electron chi connectivity index (χ4n) is 1.48. The highest BCUT2D eigenvalue weighted by atomic mass is 35.5. The van der Waals surface area contributed by atoms with Gasteiger partial charge >= 0.3 is 0 Å². The molecule has 1 fully saturated rings. The second-order valence-electron chi connectivity index (χ2n) is 4.03. The third-order valence-electron chi connectivity index (χ3n) is 2.67. The van der Waals surface area contributed by atoms with Gasteiger partial charge in [-0.15, -0.1) is 11.8 Å². The summed E-state index contributed by atoms with van der Waals surface area (Å²) < 4.78 is 0. The van der Waals surface area contributed by atoms with Gasteiger partial charge in [0, 0.05) is 11.9 Å². The fourth-order valence-corrected chi connectivity index (χ4v) is 2.57. The first-order valence-corrected chi connectivity index (χ1v) is 6.45. The third kappa shape index (κ3) is 2.67. The van der Waals surface area contributed by atoms with E-state index >= 15 is 0 Å². The van der Waals surface area contributed by atoms with Crippen LogP contribution in [-0.4, -0.2) is 16.3 Å². The lowest BCUT2D eigenvalue weighted by Gasteiger charge is -2.19.